The van der Waals surface area contributed by atoms with Crippen molar-refractivity contribution in [3.05, 3.63) is 94.7 Å². The first-order valence-electron chi connectivity index (χ1n) is 11.8. The van der Waals surface area contributed by atoms with Gasteiger partial charge in [-0.15, -0.1) is 0 Å². The summed E-state index contributed by atoms with van der Waals surface area (Å²) in [5.41, 5.74) is 3.30. The third-order valence-corrected chi connectivity index (χ3v) is 6.29. The molecule has 0 unspecified atom stereocenters. The number of aryl methyl sites for hydroxylation is 1. The summed E-state index contributed by atoms with van der Waals surface area (Å²) in [6, 6.07) is 25.0. The van der Waals surface area contributed by atoms with Crippen molar-refractivity contribution in [3.8, 4) is 0 Å². The molecule has 180 valence electrons. The molecule has 7 heteroatoms. The van der Waals surface area contributed by atoms with Gasteiger partial charge in [0.15, 0.2) is 0 Å². The number of imidazole rings is 1. The average Bonchev–Trinajstić information content (AvgIpc) is 3.19. The van der Waals surface area contributed by atoms with Gasteiger partial charge in [-0.05, 0) is 62.7 Å². The van der Waals surface area contributed by atoms with E-state index in [1.165, 1.54) is 0 Å². The Morgan fingerprint density at radius 2 is 1.74 bits per heavy atom. The number of fused-ring (bicyclic) bond motifs is 1. The number of nitrogens with zero attached hydrogens (tertiary/aromatic N) is 3. The van der Waals surface area contributed by atoms with Crippen LogP contribution in [0.2, 0.25) is 0 Å². The molecule has 1 N–H and O–H groups in total. The van der Waals surface area contributed by atoms with Crippen LogP contribution >= 0.6 is 15.9 Å². The fourth-order valence-electron chi connectivity index (χ4n) is 4.20. The lowest BCUT2D eigenvalue weighted by atomic mass is 10.2. The van der Waals surface area contributed by atoms with Crippen LogP contribution in [0.5, 0.6) is 0 Å². The lowest BCUT2D eigenvalue weighted by molar-refractivity contribution is -0.119. The molecule has 35 heavy (non-hydrogen) atoms. The van der Waals surface area contributed by atoms with Gasteiger partial charge in [-0.25, -0.2) is 4.98 Å². The molecule has 3 aromatic carbocycles. The highest BCUT2D eigenvalue weighted by Gasteiger charge is 2.21. The zero-order valence-corrected chi connectivity index (χ0v) is 21.5. The molecular weight excluding hydrogens is 504 g/mol. The summed E-state index contributed by atoms with van der Waals surface area (Å²) in [4.78, 5) is 32.5. The molecule has 0 aliphatic carbocycles. The highest BCUT2D eigenvalue weighted by molar-refractivity contribution is 9.10. The first-order valence-corrected chi connectivity index (χ1v) is 12.6. The van der Waals surface area contributed by atoms with Crippen LogP contribution in [0, 0.1) is 0 Å². The molecular formula is C28H29BrN4O2. The number of halogens is 1. The van der Waals surface area contributed by atoms with Gasteiger partial charge in [0.05, 0.1) is 11.0 Å². The third-order valence-electron chi connectivity index (χ3n) is 5.80. The molecule has 2 amide bonds. The monoisotopic (exact) mass is 532 g/mol. The van der Waals surface area contributed by atoms with Crippen molar-refractivity contribution in [1.29, 1.82) is 0 Å². The third kappa shape index (κ3) is 5.98. The predicted octanol–water partition coefficient (Wildman–Crippen LogP) is 5.60. The maximum absolute atomic E-state index is 13.5. The zero-order valence-electron chi connectivity index (χ0n) is 19.9. The van der Waals surface area contributed by atoms with E-state index in [0.717, 1.165) is 27.0 Å². The Morgan fingerprint density at radius 1 is 1.00 bits per heavy atom. The van der Waals surface area contributed by atoms with Crippen LogP contribution in [0.15, 0.2) is 83.3 Å². The number of para-hydroxylation sites is 3. The van der Waals surface area contributed by atoms with Crippen LogP contribution < -0.4 is 10.2 Å². The van der Waals surface area contributed by atoms with Gasteiger partial charge in [-0.2, -0.15) is 0 Å². The first kappa shape index (κ1) is 24.7. The molecule has 0 aliphatic heterocycles. The molecule has 0 aliphatic rings. The lowest BCUT2D eigenvalue weighted by Crippen LogP contribution is -2.39. The first-order chi connectivity index (χ1) is 16.9. The highest BCUT2D eigenvalue weighted by Crippen LogP contribution is 2.21. The largest absolute Gasteiger partial charge is 0.352 e. The molecule has 0 bridgehead atoms. The minimum absolute atomic E-state index is 0.0126. The van der Waals surface area contributed by atoms with E-state index in [4.69, 9.17) is 4.98 Å². The summed E-state index contributed by atoms with van der Waals surface area (Å²) in [7, 11) is 0. The van der Waals surface area contributed by atoms with Gasteiger partial charge in [0.25, 0.3) is 5.91 Å². The van der Waals surface area contributed by atoms with Crippen LogP contribution in [0.3, 0.4) is 0 Å². The summed E-state index contributed by atoms with van der Waals surface area (Å²) in [5.74, 6) is 0.747. The fraction of sp³-hybridized carbons (Fsp3) is 0.250. The van der Waals surface area contributed by atoms with E-state index in [1.54, 1.807) is 12.1 Å². The molecule has 1 aromatic heterocycles. The molecule has 1 heterocycles. The normalized spacial score (nSPS) is 11.1. The smallest absolute Gasteiger partial charge is 0.251 e. The Morgan fingerprint density at radius 3 is 2.49 bits per heavy atom. The minimum atomic E-state index is -0.106. The second-order valence-electron chi connectivity index (χ2n) is 8.67. The number of aromatic nitrogens is 2. The van der Waals surface area contributed by atoms with Gasteiger partial charge in [0.2, 0.25) is 5.91 Å². The van der Waals surface area contributed by atoms with E-state index in [-0.39, 0.29) is 24.4 Å². The number of rotatable bonds is 9. The summed E-state index contributed by atoms with van der Waals surface area (Å²) >= 11 is 3.40. The number of hydrogen-bond acceptors (Lipinski definition) is 3. The maximum Gasteiger partial charge on any atom is 0.251 e. The standard InChI is InChI=1S/C28H29BrN4O2/c1-20(2)33(23-12-4-3-5-13-23)27(34)19-32-25-15-7-6-14-24(25)31-26(32)16-9-17-30-28(35)21-10-8-11-22(29)18-21/h3-8,10-15,18,20H,9,16-17,19H2,1-2H3,(H,30,35). The second kappa shape index (κ2) is 11.3. The molecule has 6 nitrogen and oxygen atoms in total. The van der Waals surface area contributed by atoms with E-state index >= 15 is 0 Å². The molecule has 4 aromatic rings. The molecule has 0 radical (unpaired) electrons. The fourth-order valence-corrected chi connectivity index (χ4v) is 4.60. The number of amides is 2. The highest BCUT2D eigenvalue weighted by atomic mass is 79.9. The van der Waals surface area contributed by atoms with Gasteiger partial charge < -0.3 is 14.8 Å². The molecule has 0 fully saturated rings. The van der Waals surface area contributed by atoms with Crippen LogP contribution in [0.1, 0.15) is 36.5 Å². The van der Waals surface area contributed by atoms with Crippen molar-refractivity contribution in [2.75, 3.05) is 11.4 Å². The van der Waals surface area contributed by atoms with Crippen LogP contribution in [0.25, 0.3) is 11.0 Å². The summed E-state index contributed by atoms with van der Waals surface area (Å²) in [6.45, 7) is 4.76. The van der Waals surface area contributed by atoms with Crippen molar-refractivity contribution in [3.63, 3.8) is 0 Å². The Balaban J connectivity index is 1.48. The molecule has 0 saturated heterocycles. The zero-order chi connectivity index (χ0) is 24.8. The quantitative estimate of drug-likeness (QED) is 0.285. The number of carbonyl (C=O) groups is 2. The Labute approximate surface area is 214 Å². The number of nitrogens with one attached hydrogen (secondary N) is 1. The number of benzene rings is 3. The number of anilines is 1. The van der Waals surface area contributed by atoms with E-state index in [9.17, 15) is 9.59 Å². The SMILES string of the molecule is CC(C)N(C(=O)Cn1c(CCCNC(=O)c2cccc(Br)c2)nc2ccccc21)c1ccccc1. The molecule has 0 saturated carbocycles. The van der Waals surface area contributed by atoms with Crippen molar-refractivity contribution in [1.82, 2.24) is 14.9 Å². The molecule has 4 rings (SSSR count). The van der Waals surface area contributed by atoms with Crippen molar-refractivity contribution in [2.45, 2.75) is 39.3 Å². The van der Waals surface area contributed by atoms with Crippen LogP contribution in [0.4, 0.5) is 5.69 Å². The second-order valence-corrected chi connectivity index (χ2v) is 9.58. The van der Waals surface area contributed by atoms with Crippen molar-refractivity contribution >= 4 is 44.5 Å². The van der Waals surface area contributed by atoms with E-state index < -0.39 is 0 Å². The van der Waals surface area contributed by atoms with Crippen LogP contribution in [-0.2, 0) is 17.8 Å². The van der Waals surface area contributed by atoms with Gasteiger partial charge in [0.1, 0.15) is 12.4 Å². The minimum Gasteiger partial charge on any atom is -0.352 e. The van der Waals surface area contributed by atoms with Crippen LogP contribution in [-0.4, -0.2) is 34.0 Å². The van der Waals surface area contributed by atoms with E-state index in [0.29, 0.717) is 24.9 Å². The number of hydrogen-bond donors (Lipinski definition) is 1. The Bertz CT molecular complexity index is 1320. The average molecular weight is 533 g/mol. The maximum atomic E-state index is 13.5. The van der Waals surface area contributed by atoms with Gasteiger partial charge >= 0.3 is 0 Å². The van der Waals surface area contributed by atoms with E-state index in [1.807, 2.05) is 90.0 Å². The van der Waals surface area contributed by atoms with Gasteiger partial charge in [-0.3, -0.25) is 9.59 Å². The molecule has 0 atom stereocenters. The summed E-state index contributed by atoms with van der Waals surface area (Å²) < 4.78 is 2.88. The predicted molar refractivity (Wildman–Crippen MR) is 144 cm³/mol. The van der Waals surface area contributed by atoms with Crippen molar-refractivity contribution < 1.29 is 9.59 Å². The number of carbonyl (C=O) groups excluding carboxylic acids is 2. The topological polar surface area (TPSA) is 67.2 Å². The molecule has 0 spiro atoms. The van der Waals surface area contributed by atoms with Crippen molar-refractivity contribution in [2.24, 2.45) is 0 Å². The van der Waals surface area contributed by atoms with Gasteiger partial charge in [-0.1, -0.05) is 52.3 Å². The Kier molecular flexibility index (Phi) is 7.98. The summed E-state index contributed by atoms with van der Waals surface area (Å²) in [5, 5.41) is 2.97. The lowest BCUT2D eigenvalue weighted by Gasteiger charge is -2.27. The van der Waals surface area contributed by atoms with Gasteiger partial charge in [0, 0.05) is 34.7 Å². The van der Waals surface area contributed by atoms with E-state index in [2.05, 4.69) is 21.2 Å². The summed E-state index contributed by atoms with van der Waals surface area (Å²) in [6.07, 6.45) is 1.36. The Hall–Kier alpha value is -3.45.